The summed E-state index contributed by atoms with van der Waals surface area (Å²) in [7, 11) is 0. The highest BCUT2D eigenvalue weighted by molar-refractivity contribution is 5.85. The Balaban J connectivity index is 0.00000210. The highest BCUT2D eigenvalue weighted by Gasteiger charge is 2.46. The Labute approximate surface area is 165 Å². The van der Waals surface area contributed by atoms with E-state index in [0.29, 0.717) is 30.8 Å². The lowest BCUT2D eigenvalue weighted by Crippen LogP contribution is -2.61. The van der Waals surface area contributed by atoms with Gasteiger partial charge in [0, 0.05) is 17.7 Å². The van der Waals surface area contributed by atoms with Crippen molar-refractivity contribution in [3.05, 3.63) is 35.7 Å². The number of aryl methyl sites for hydroxylation is 1. The third-order valence-corrected chi connectivity index (χ3v) is 5.45. The summed E-state index contributed by atoms with van der Waals surface area (Å²) in [4.78, 5) is 6.61. The number of rotatable bonds is 5. The monoisotopic (exact) mass is 391 g/mol. The van der Waals surface area contributed by atoms with Gasteiger partial charge in [0.05, 0.1) is 0 Å². The molecule has 4 heterocycles. The van der Waals surface area contributed by atoms with Gasteiger partial charge in [-0.1, -0.05) is 17.3 Å². The van der Waals surface area contributed by atoms with Gasteiger partial charge in [0.15, 0.2) is 5.82 Å². The second kappa shape index (κ2) is 8.00. The van der Waals surface area contributed by atoms with Crippen molar-refractivity contribution in [2.45, 2.75) is 32.3 Å². The summed E-state index contributed by atoms with van der Waals surface area (Å²) in [5, 5.41) is 14.9. The van der Waals surface area contributed by atoms with E-state index in [-0.39, 0.29) is 12.4 Å². The first-order chi connectivity index (χ1) is 12.6. The van der Waals surface area contributed by atoms with E-state index in [9.17, 15) is 5.11 Å². The molecule has 146 valence electrons. The van der Waals surface area contributed by atoms with Crippen molar-refractivity contribution in [1.29, 1.82) is 0 Å². The lowest BCUT2D eigenvalue weighted by Gasteiger charge is -2.50. The Kier molecular flexibility index (Phi) is 5.89. The maximum absolute atomic E-state index is 11.1. The summed E-state index contributed by atoms with van der Waals surface area (Å²) in [6.45, 7) is 6.97. The van der Waals surface area contributed by atoms with Crippen LogP contribution in [0.4, 0.5) is 0 Å². The van der Waals surface area contributed by atoms with Crippen LogP contribution in [-0.2, 0) is 0 Å². The third kappa shape index (κ3) is 4.03. The van der Waals surface area contributed by atoms with Crippen molar-refractivity contribution in [3.63, 3.8) is 0 Å². The fourth-order valence-electron chi connectivity index (χ4n) is 4.05. The Hall–Kier alpha value is -1.89. The molecule has 27 heavy (non-hydrogen) atoms. The van der Waals surface area contributed by atoms with Crippen LogP contribution in [0.2, 0.25) is 0 Å². The predicted octanol–water partition coefficient (Wildman–Crippen LogP) is 3.34. The average molecular weight is 392 g/mol. The minimum absolute atomic E-state index is 0. The van der Waals surface area contributed by atoms with Gasteiger partial charge in [-0.05, 0) is 63.9 Å². The molecule has 1 unspecified atom stereocenters. The summed E-state index contributed by atoms with van der Waals surface area (Å²) in [6.07, 6.45) is 6.06. The molecule has 6 nitrogen and oxygen atoms in total. The number of ether oxygens (including phenoxy) is 1. The fourth-order valence-corrected chi connectivity index (χ4v) is 4.05. The van der Waals surface area contributed by atoms with Crippen LogP contribution in [0.5, 0.6) is 5.75 Å². The summed E-state index contributed by atoms with van der Waals surface area (Å²) >= 11 is 0. The van der Waals surface area contributed by atoms with Crippen LogP contribution in [0, 0.1) is 12.8 Å². The zero-order valence-corrected chi connectivity index (χ0v) is 16.5. The molecule has 0 amide bonds. The van der Waals surface area contributed by atoms with Gasteiger partial charge in [0.2, 0.25) is 0 Å². The Morgan fingerprint density at radius 2 is 2.15 bits per heavy atom. The van der Waals surface area contributed by atoms with E-state index in [4.69, 9.17) is 9.26 Å². The zero-order chi connectivity index (χ0) is 18.1. The van der Waals surface area contributed by atoms with Gasteiger partial charge in [-0.3, -0.25) is 0 Å². The third-order valence-electron chi connectivity index (χ3n) is 5.45. The molecule has 3 aliphatic heterocycles. The number of hydrogen-bond donors (Lipinski definition) is 1. The van der Waals surface area contributed by atoms with E-state index in [1.54, 1.807) is 6.92 Å². The smallest absolute Gasteiger partial charge is 0.257 e. The first-order valence-electron chi connectivity index (χ1n) is 9.22. The molecule has 1 N–H and O–H groups in total. The van der Waals surface area contributed by atoms with Gasteiger partial charge in [-0.15, -0.1) is 12.4 Å². The number of aromatic nitrogens is 2. The standard InChI is InChI=1S/C20H25N3O3.ClH/c1-3-4-15-11-16(19-21-14(2)22-26-19)5-6-18(15)25-13-20(24)12-23-9-7-17(20)8-10-23;/h3-6,11,17,24H,7-10,12-13H2,1-2H3;1H. The summed E-state index contributed by atoms with van der Waals surface area (Å²) in [5.41, 5.74) is 1.03. The van der Waals surface area contributed by atoms with Gasteiger partial charge < -0.3 is 19.3 Å². The quantitative estimate of drug-likeness (QED) is 0.842. The van der Waals surface area contributed by atoms with Gasteiger partial charge in [0.25, 0.3) is 5.89 Å². The number of halogens is 1. The topological polar surface area (TPSA) is 71.6 Å². The number of benzene rings is 1. The molecule has 1 aromatic heterocycles. The number of hydrogen-bond acceptors (Lipinski definition) is 6. The van der Waals surface area contributed by atoms with Crippen molar-refractivity contribution in [3.8, 4) is 17.2 Å². The Morgan fingerprint density at radius 1 is 1.37 bits per heavy atom. The van der Waals surface area contributed by atoms with Crippen LogP contribution in [0.25, 0.3) is 17.5 Å². The molecule has 2 bridgehead atoms. The maximum Gasteiger partial charge on any atom is 0.257 e. The fraction of sp³-hybridized carbons (Fsp3) is 0.500. The van der Waals surface area contributed by atoms with Crippen molar-refractivity contribution < 1.29 is 14.4 Å². The van der Waals surface area contributed by atoms with E-state index in [1.807, 2.05) is 37.3 Å². The molecule has 7 heteroatoms. The highest BCUT2D eigenvalue weighted by atomic mass is 35.5. The van der Waals surface area contributed by atoms with Crippen LogP contribution in [0.15, 0.2) is 28.8 Å². The predicted molar refractivity (Wildman–Crippen MR) is 106 cm³/mol. The highest BCUT2D eigenvalue weighted by Crippen LogP contribution is 2.36. The molecule has 0 aliphatic carbocycles. The number of fused-ring (bicyclic) bond motifs is 3. The second-order valence-corrected chi connectivity index (χ2v) is 7.34. The van der Waals surface area contributed by atoms with Crippen LogP contribution in [0.3, 0.4) is 0 Å². The number of piperidine rings is 3. The van der Waals surface area contributed by atoms with Crippen LogP contribution in [0.1, 0.15) is 31.2 Å². The van der Waals surface area contributed by atoms with Crippen molar-refractivity contribution >= 4 is 18.5 Å². The van der Waals surface area contributed by atoms with Gasteiger partial charge in [0.1, 0.15) is 18.0 Å². The van der Waals surface area contributed by atoms with Gasteiger partial charge in [-0.25, -0.2) is 0 Å². The van der Waals surface area contributed by atoms with Crippen LogP contribution >= 0.6 is 12.4 Å². The molecule has 2 aromatic rings. The van der Waals surface area contributed by atoms with Crippen molar-refractivity contribution in [2.75, 3.05) is 26.2 Å². The number of allylic oxidation sites excluding steroid dienone is 1. The van der Waals surface area contributed by atoms with E-state index < -0.39 is 5.60 Å². The van der Waals surface area contributed by atoms with E-state index in [1.165, 1.54) is 0 Å². The number of nitrogens with zero attached hydrogens (tertiary/aromatic N) is 3. The lowest BCUT2D eigenvalue weighted by molar-refractivity contribution is -0.131. The molecule has 0 spiro atoms. The first kappa shape index (κ1) is 19.9. The second-order valence-electron chi connectivity index (χ2n) is 7.34. The van der Waals surface area contributed by atoms with E-state index in [2.05, 4.69) is 15.0 Å². The zero-order valence-electron chi connectivity index (χ0n) is 15.7. The van der Waals surface area contributed by atoms with Gasteiger partial charge >= 0.3 is 0 Å². The molecule has 3 saturated heterocycles. The molecule has 5 rings (SSSR count). The summed E-state index contributed by atoms with van der Waals surface area (Å²) < 4.78 is 11.3. The SMILES string of the molecule is CC=Cc1cc(-c2nc(C)no2)ccc1OCC1(O)CN2CCC1CC2.Cl. The molecule has 3 fully saturated rings. The largest absolute Gasteiger partial charge is 0.490 e. The Morgan fingerprint density at radius 3 is 2.74 bits per heavy atom. The molecular formula is C20H26ClN3O3. The van der Waals surface area contributed by atoms with Crippen molar-refractivity contribution in [1.82, 2.24) is 15.0 Å². The Bertz CT molecular complexity index is 815. The molecule has 3 aliphatic rings. The minimum atomic E-state index is -0.758. The average Bonchev–Trinajstić information content (AvgIpc) is 3.08. The normalized spacial score (nSPS) is 26.9. The molecule has 0 radical (unpaired) electrons. The molecule has 1 aromatic carbocycles. The minimum Gasteiger partial charge on any atom is -0.490 e. The van der Waals surface area contributed by atoms with Crippen molar-refractivity contribution in [2.24, 2.45) is 5.92 Å². The van der Waals surface area contributed by atoms with Gasteiger partial charge in [-0.2, -0.15) is 4.98 Å². The summed E-state index contributed by atoms with van der Waals surface area (Å²) in [5.74, 6) is 2.19. The lowest BCUT2D eigenvalue weighted by atomic mass is 9.76. The van der Waals surface area contributed by atoms with Crippen LogP contribution < -0.4 is 4.74 Å². The van der Waals surface area contributed by atoms with E-state index in [0.717, 1.165) is 42.8 Å². The first-order valence-corrected chi connectivity index (χ1v) is 9.22. The van der Waals surface area contributed by atoms with E-state index >= 15 is 0 Å². The molecule has 1 atom stereocenters. The summed E-state index contributed by atoms with van der Waals surface area (Å²) in [6, 6.07) is 5.80. The number of aliphatic hydroxyl groups is 1. The van der Waals surface area contributed by atoms with Crippen LogP contribution in [-0.4, -0.2) is 52.0 Å². The maximum atomic E-state index is 11.1. The molecular weight excluding hydrogens is 366 g/mol. The molecule has 0 saturated carbocycles.